The van der Waals surface area contributed by atoms with Crippen LogP contribution in [0.4, 0.5) is 14.0 Å². The lowest BCUT2D eigenvalue weighted by Gasteiger charge is -2.10. The van der Waals surface area contributed by atoms with Crippen LogP contribution < -0.4 is 10.6 Å². The van der Waals surface area contributed by atoms with Crippen LogP contribution in [0, 0.1) is 5.82 Å². The summed E-state index contributed by atoms with van der Waals surface area (Å²) in [6.45, 7) is 2.30. The van der Waals surface area contributed by atoms with Crippen molar-refractivity contribution >= 4 is 29.0 Å². The zero-order valence-corrected chi connectivity index (χ0v) is 14.1. The first-order valence-electron chi connectivity index (χ1n) is 7.69. The number of thioether (sulfide) groups is 1. The number of hydrogen-bond donors (Lipinski definition) is 2. The maximum atomic E-state index is 13.8. The molecule has 1 aliphatic heterocycles. The molecule has 1 aromatic carbocycles. The number of ether oxygens (including phenoxy) is 1. The van der Waals surface area contributed by atoms with Gasteiger partial charge >= 0.3 is 6.09 Å². The summed E-state index contributed by atoms with van der Waals surface area (Å²) in [5.74, 6) is -0.791. The quantitative estimate of drug-likeness (QED) is 0.736. The number of carbonyl (C=O) groups excluding carboxylic acids is 3. The van der Waals surface area contributed by atoms with Crippen molar-refractivity contribution in [3.8, 4) is 0 Å². The Bertz CT molecular complexity index is 639. The Morgan fingerprint density at radius 2 is 2.21 bits per heavy atom. The number of hydrogen-bond acceptors (Lipinski definition) is 5. The Balaban J connectivity index is 1.92. The van der Waals surface area contributed by atoms with Gasteiger partial charge in [0.1, 0.15) is 5.82 Å². The number of rotatable bonds is 7. The molecule has 2 N–H and O–H groups in total. The standard InChI is InChI=1S/C16H19FN2O4S/c1-2-3-6-23-15(21)18-9-11-7-10(4-5-12(11)17)8-13-14(20)19-16(22)24-13/h4-5,7,13H,2-3,6,8-9H2,1H3,(H,18,21)(H,19,20,22). The summed E-state index contributed by atoms with van der Waals surface area (Å²) in [6, 6.07) is 4.43. The molecule has 1 aromatic rings. The van der Waals surface area contributed by atoms with Crippen molar-refractivity contribution in [2.75, 3.05) is 6.61 Å². The second kappa shape index (κ2) is 8.68. The second-order valence-electron chi connectivity index (χ2n) is 5.36. The Kier molecular flexibility index (Phi) is 6.60. The molecule has 0 saturated carbocycles. The van der Waals surface area contributed by atoms with Gasteiger partial charge in [0.2, 0.25) is 5.91 Å². The number of amides is 3. The number of unbranched alkanes of at least 4 members (excludes halogenated alkanes) is 1. The zero-order valence-electron chi connectivity index (χ0n) is 13.3. The number of carbonyl (C=O) groups is 3. The summed E-state index contributed by atoms with van der Waals surface area (Å²) in [5.41, 5.74) is 1.02. The Hall–Kier alpha value is -2.09. The van der Waals surface area contributed by atoms with Crippen LogP contribution in [0.25, 0.3) is 0 Å². The van der Waals surface area contributed by atoms with Gasteiger partial charge in [0.15, 0.2) is 0 Å². The van der Waals surface area contributed by atoms with Crippen LogP contribution in [0.1, 0.15) is 30.9 Å². The van der Waals surface area contributed by atoms with Crippen LogP contribution in [0.3, 0.4) is 0 Å². The third-order valence-electron chi connectivity index (χ3n) is 3.45. The van der Waals surface area contributed by atoms with Crippen LogP contribution in [-0.4, -0.2) is 29.1 Å². The Labute approximate surface area is 143 Å². The molecule has 1 heterocycles. The second-order valence-corrected chi connectivity index (χ2v) is 6.53. The van der Waals surface area contributed by atoms with Gasteiger partial charge in [-0.2, -0.15) is 0 Å². The van der Waals surface area contributed by atoms with E-state index in [0.29, 0.717) is 18.6 Å². The Morgan fingerprint density at radius 3 is 2.88 bits per heavy atom. The fourth-order valence-corrected chi connectivity index (χ4v) is 3.02. The van der Waals surface area contributed by atoms with E-state index in [1.807, 2.05) is 6.92 Å². The van der Waals surface area contributed by atoms with E-state index in [-0.39, 0.29) is 17.7 Å². The van der Waals surface area contributed by atoms with Crippen LogP contribution in [0.2, 0.25) is 0 Å². The van der Waals surface area contributed by atoms with E-state index in [0.717, 1.165) is 30.2 Å². The molecule has 0 spiro atoms. The van der Waals surface area contributed by atoms with E-state index in [2.05, 4.69) is 10.6 Å². The average molecular weight is 354 g/mol. The van der Waals surface area contributed by atoms with Gasteiger partial charge in [-0.25, -0.2) is 9.18 Å². The SMILES string of the molecule is CCCCOC(=O)NCc1cc(CC2SC(=O)NC2=O)ccc1F. The van der Waals surface area contributed by atoms with E-state index in [1.165, 1.54) is 6.07 Å². The predicted molar refractivity (Wildman–Crippen MR) is 88.1 cm³/mol. The van der Waals surface area contributed by atoms with Crippen molar-refractivity contribution in [3.05, 3.63) is 35.1 Å². The van der Waals surface area contributed by atoms with E-state index in [1.54, 1.807) is 12.1 Å². The van der Waals surface area contributed by atoms with E-state index in [4.69, 9.17) is 4.74 Å². The summed E-state index contributed by atoms with van der Waals surface area (Å²) in [7, 11) is 0. The third kappa shape index (κ3) is 5.23. The van der Waals surface area contributed by atoms with Gasteiger partial charge in [-0.1, -0.05) is 37.2 Å². The summed E-state index contributed by atoms with van der Waals surface area (Å²) in [5, 5.41) is 3.83. The lowest BCUT2D eigenvalue weighted by atomic mass is 10.1. The van der Waals surface area contributed by atoms with Gasteiger partial charge in [0.05, 0.1) is 11.9 Å². The van der Waals surface area contributed by atoms with E-state index in [9.17, 15) is 18.8 Å². The van der Waals surface area contributed by atoms with Gasteiger partial charge in [-0.15, -0.1) is 0 Å². The first-order valence-corrected chi connectivity index (χ1v) is 8.57. The van der Waals surface area contributed by atoms with Gasteiger partial charge in [0, 0.05) is 12.1 Å². The largest absolute Gasteiger partial charge is 0.450 e. The normalized spacial score (nSPS) is 16.8. The molecule has 0 radical (unpaired) electrons. The molecule has 1 fully saturated rings. The van der Waals surface area contributed by atoms with Crippen molar-refractivity contribution in [2.24, 2.45) is 0 Å². The molecule has 1 saturated heterocycles. The number of alkyl carbamates (subject to hydrolysis) is 1. The molecule has 6 nitrogen and oxygen atoms in total. The first-order chi connectivity index (χ1) is 11.5. The van der Waals surface area contributed by atoms with Crippen molar-refractivity contribution in [2.45, 2.75) is 38.0 Å². The maximum Gasteiger partial charge on any atom is 0.407 e. The number of nitrogens with one attached hydrogen (secondary N) is 2. The molecule has 1 atom stereocenters. The van der Waals surface area contributed by atoms with Gasteiger partial charge in [-0.3, -0.25) is 14.9 Å². The minimum Gasteiger partial charge on any atom is -0.450 e. The van der Waals surface area contributed by atoms with E-state index < -0.39 is 17.2 Å². The highest BCUT2D eigenvalue weighted by Gasteiger charge is 2.31. The fourth-order valence-electron chi connectivity index (χ4n) is 2.16. The van der Waals surface area contributed by atoms with Crippen LogP contribution >= 0.6 is 11.8 Å². The van der Waals surface area contributed by atoms with E-state index >= 15 is 0 Å². The molecule has 1 unspecified atom stereocenters. The van der Waals surface area contributed by atoms with Crippen molar-refractivity contribution in [1.29, 1.82) is 0 Å². The zero-order chi connectivity index (χ0) is 17.5. The Morgan fingerprint density at radius 1 is 1.42 bits per heavy atom. The molecule has 8 heteroatoms. The van der Waals surface area contributed by atoms with Crippen LogP contribution in [0.15, 0.2) is 18.2 Å². The van der Waals surface area contributed by atoms with Crippen molar-refractivity contribution < 1.29 is 23.5 Å². The highest BCUT2D eigenvalue weighted by atomic mass is 32.2. The van der Waals surface area contributed by atoms with Gasteiger partial charge in [0.25, 0.3) is 5.24 Å². The molecular weight excluding hydrogens is 335 g/mol. The van der Waals surface area contributed by atoms with Crippen LogP contribution in [0.5, 0.6) is 0 Å². The molecular formula is C16H19FN2O4S. The molecule has 0 aliphatic carbocycles. The number of halogens is 1. The summed E-state index contributed by atoms with van der Waals surface area (Å²) >= 11 is 0.925. The molecule has 24 heavy (non-hydrogen) atoms. The molecule has 0 aromatic heterocycles. The summed E-state index contributed by atoms with van der Waals surface area (Å²) in [6.07, 6.45) is 1.41. The molecule has 2 rings (SSSR count). The lowest BCUT2D eigenvalue weighted by Crippen LogP contribution is -2.26. The highest BCUT2D eigenvalue weighted by Crippen LogP contribution is 2.23. The minimum atomic E-state index is -0.593. The summed E-state index contributed by atoms with van der Waals surface area (Å²) in [4.78, 5) is 34.2. The first kappa shape index (κ1) is 18.3. The smallest absolute Gasteiger partial charge is 0.407 e. The highest BCUT2D eigenvalue weighted by molar-refractivity contribution is 8.15. The van der Waals surface area contributed by atoms with Crippen molar-refractivity contribution in [3.63, 3.8) is 0 Å². The minimum absolute atomic E-state index is 0.00638. The van der Waals surface area contributed by atoms with Crippen LogP contribution in [-0.2, 0) is 22.5 Å². The molecule has 1 aliphatic rings. The monoisotopic (exact) mass is 354 g/mol. The number of imide groups is 1. The van der Waals surface area contributed by atoms with Gasteiger partial charge < -0.3 is 10.1 Å². The topological polar surface area (TPSA) is 84.5 Å². The predicted octanol–water partition coefficient (Wildman–Crippen LogP) is 2.75. The third-order valence-corrected chi connectivity index (χ3v) is 4.43. The molecule has 3 amide bonds. The van der Waals surface area contributed by atoms with Crippen molar-refractivity contribution in [1.82, 2.24) is 10.6 Å². The fraction of sp³-hybridized carbons (Fsp3) is 0.438. The molecule has 130 valence electrons. The average Bonchev–Trinajstić information content (AvgIpc) is 2.85. The number of benzene rings is 1. The lowest BCUT2D eigenvalue weighted by molar-refractivity contribution is -0.118. The summed E-state index contributed by atoms with van der Waals surface area (Å²) < 4.78 is 18.8. The maximum absolute atomic E-state index is 13.8. The van der Waals surface area contributed by atoms with Gasteiger partial charge in [-0.05, 0) is 24.5 Å². The molecule has 0 bridgehead atoms.